The van der Waals surface area contributed by atoms with Crippen LogP contribution < -0.4 is 16.2 Å². The molecule has 3 rings (SSSR count). The number of thiophene rings is 1. The lowest BCUT2D eigenvalue weighted by Gasteiger charge is -2.20. The third-order valence-corrected chi connectivity index (χ3v) is 6.89. The fraction of sp³-hybridized carbons (Fsp3) is 0.524. The molecule has 7 nitrogen and oxygen atoms in total. The Hall–Kier alpha value is -2.13. The van der Waals surface area contributed by atoms with Crippen molar-refractivity contribution in [2.24, 2.45) is 5.92 Å². The molecule has 2 heterocycles. The molecule has 1 atom stereocenters. The van der Waals surface area contributed by atoms with E-state index in [1.54, 1.807) is 22.0 Å². The lowest BCUT2D eigenvalue weighted by atomic mass is 9.89. The highest BCUT2D eigenvalue weighted by Crippen LogP contribution is 2.36. The number of nitrogens with one attached hydrogen (secondary N) is 2. The number of aryl methyl sites for hydroxylation is 1. The quantitative estimate of drug-likeness (QED) is 0.415. The van der Waals surface area contributed by atoms with Crippen molar-refractivity contribution >= 4 is 45.3 Å². The van der Waals surface area contributed by atoms with Crippen LogP contribution in [0.4, 0.5) is 4.79 Å². The third kappa shape index (κ3) is 5.13. The van der Waals surface area contributed by atoms with E-state index in [1.807, 2.05) is 20.8 Å². The molecule has 3 amide bonds. The number of amides is 3. The number of hydrogen-bond donors (Lipinski definition) is 2. The second kappa shape index (κ2) is 8.93. The highest BCUT2D eigenvalue weighted by atomic mass is 32.2. The number of rotatable bonds is 5. The number of allylic oxidation sites excluding steroid dienone is 1. The second-order valence-electron chi connectivity index (χ2n) is 8.67. The maximum atomic E-state index is 13.2. The van der Waals surface area contributed by atoms with Crippen molar-refractivity contribution in [1.29, 1.82) is 0 Å². The summed E-state index contributed by atoms with van der Waals surface area (Å²) in [5, 5.41) is 6.17. The number of carbonyl (C=O) groups is 2. The van der Waals surface area contributed by atoms with E-state index in [0.29, 0.717) is 23.0 Å². The van der Waals surface area contributed by atoms with E-state index in [4.69, 9.17) is 4.98 Å². The normalized spacial score (nSPS) is 16.2. The molecule has 0 unspecified atom stereocenters. The minimum absolute atomic E-state index is 0.0191. The molecule has 9 heteroatoms. The smallest absolute Gasteiger partial charge is 0.321 e. The van der Waals surface area contributed by atoms with Crippen molar-refractivity contribution in [2.45, 2.75) is 64.2 Å². The third-order valence-electron chi connectivity index (χ3n) is 4.77. The predicted octanol–water partition coefficient (Wildman–Crippen LogP) is 3.49. The van der Waals surface area contributed by atoms with Crippen molar-refractivity contribution < 1.29 is 9.59 Å². The summed E-state index contributed by atoms with van der Waals surface area (Å²) in [6.45, 7) is 11.8. The number of thioether (sulfide) groups is 1. The van der Waals surface area contributed by atoms with Gasteiger partial charge in [0.05, 0.1) is 11.1 Å². The molecule has 162 valence electrons. The first-order valence-corrected chi connectivity index (χ1v) is 11.8. The summed E-state index contributed by atoms with van der Waals surface area (Å²) < 4.78 is 1.56. The molecule has 2 aromatic heterocycles. The van der Waals surface area contributed by atoms with E-state index in [9.17, 15) is 14.4 Å². The van der Waals surface area contributed by atoms with E-state index >= 15 is 0 Å². The summed E-state index contributed by atoms with van der Waals surface area (Å²) in [5.41, 5.74) is 0.613. The van der Waals surface area contributed by atoms with Gasteiger partial charge >= 0.3 is 6.03 Å². The average Bonchev–Trinajstić information content (AvgIpc) is 2.98. The van der Waals surface area contributed by atoms with Crippen molar-refractivity contribution in [1.82, 2.24) is 20.2 Å². The van der Waals surface area contributed by atoms with Crippen LogP contribution in [0.3, 0.4) is 0 Å². The summed E-state index contributed by atoms with van der Waals surface area (Å²) in [4.78, 5) is 44.0. The summed E-state index contributed by atoms with van der Waals surface area (Å²) in [6, 6.07) is -0.542. The molecule has 1 aliphatic rings. The average molecular weight is 449 g/mol. The minimum Gasteiger partial charge on any atom is -0.333 e. The van der Waals surface area contributed by atoms with Crippen LogP contribution in [-0.2, 0) is 24.2 Å². The maximum Gasteiger partial charge on any atom is 0.321 e. The minimum atomic E-state index is -0.542. The van der Waals surface area contributed by atoms with Crippen LogP contribution in [0.1, 0.15) is 44.6 Å². The Morgan fingerprint density at radius 2 is 2.13 bits per heavy atom. The van der Waals surface area contributed by atoms with E-state index < -0.39 is 17.5 Å². The van der Waals surface area contributed by atoms with Crippen LogP contribution in [0, 0.1) is 5.92 Å². The topological polar surface area (TPSA) is 93.1 Å². The highest BCUT2D eigenvalue weighted by Gasteiger charge is 2.25. The van der Waals surface area contributed by atoms with Crippen LogP contribution in [0.25, 0.3) is 10.2 Å². The number of aromatic nitrogens is 2. The predicted molar refractivity (Wildman–Crippen MR) is 122 cm³/mol. The van der Waals surface area contributed by atoms with Gasteiger partial charge in [0.25, 0.3) is 5.56 Å². The van der Waals surface area contributed by atoms with Gasteiger partial charge in [-0.25, -0.2) is 9.78 Å². The van der Waals surface area contributed by atoms with Crippen LogP contribution in [0.2, 0.25) is 0 Å². The molecule has 0 aliphatic heterocycles. The first-order valence-electron chi connectivity index (χ1n) is 10.00. The number of imide groups is 1. The Morgan fingerprint density at radius 1 is 1.40 bits per heavy atom. The molecule has 0 bridgehead atoms. The molecule has 0 radical (unpaired) electrons. The Morgan fingerprint density at radius 3 is 2.80 bits per heavy atom. The molecule has 0 spiro atoms. The molecule has 2 aromatic rings. The molecule has 0 saturated heterocycles. The molecule has 0 saturated carbocycles. The van der Waals surface area contributed by atoms with Gasteiger partial charge in [0, 0.05) is 17.0 Å². The fourth-order valence-electron chi connectivity index (χ4n) is 3.47. The Bertz CT molecular complexity index is 1050. The van der Waals surface area contributed by atoms with Gasteiger partial charge in [-0.15, -0.1) is 17.9 Å². The van der Waals surface area contributed by atoms with Crippen molar-refractivity contribution in [3.05, 3.63) is 33.4 Å². The summed E-state index contributed by atoms with van der Waals surface area (Å²) in [6.07, 6.45) is 4.61. The molecule has 2 N–H and O–H groups in total. The van der Waals surface area contributed by atoms with Crippen LogP contribution in [0.5, 0.6) is 0 Å². The second-order valence-corrected chi connectivity index (χ2v) is 10.7. The zero-order valence-electron chi connectivity index (χ0n) is 17.8. The first kappa shape index (κ1) is 22.6. The molecule has 1 aliphatic carbocycles. The lowest BCUT2D eigenvalue weighted by Crippen LogP contribution is -2.48. The molecule has 0 aromatic carbocycles. The van der Waals surface area contributed by atoms with Gasteiger partial charge in [-0.05, 0) is 51.5 Å². The number of urea groups is 1. The van der Waals surface area contributed by atoms with Crippen molar-refractivity contribution in [3.63, 3.8) is 0 Å². The lowest BCUT2D eigenvalue weighted by molar-refractivity contribution is -0.117. The van der Waals surface area contributed by atoms with Crippen molar-refractivity contribution in [2.75, 3.05) is 5.75 Å². The van der Waals surface area contributed by atoms with Gasteiger partial charge < -0.3 is 5.32 Å². The summed E-state index contributed by atoms with van der Waals surface area (Å²) in [5.74, 6) is 0.146. The first-order chi connectivity index (χ1) is 14.1. The van der Waals surface area contributed by atoms with Gasteiger partial charge in [-0.2, -0.15) is 0 Å². The number of nitrogens with zero attached hydrogens (tertiary/aromatic N) is 2. The van der Waals surface area contributed by atoms with Gasteiger partial charge in [0.1, 0.15) is 4.83 Å². The zero-order chi connectivity index (χ0) is 22.1. The SMILES string of the molecule is C=CCn1c(SCC(=O)NC(=O)NC(C)(C)C)nc2sc3c(c2c1=O)CC[C@@H](C)C3. The monoisotopic (exact) mass is 448 g/mol. The summed E-state index contributed by atoms with van der Waals surface area (Å²) in [7, 11) is 0. The molecule has 0 fully saturated rings. The molecule has 30 heavy (non-hydrogen) atoms. The fourth-order valence-corrected chi connectivity index (χ4v) is 5.70. The zero-order valence-corrected chi connectivity index (χ0v) is 19.5. The van der Waals surface area contributed by atoms with Gasteiger partial charge in [0.2, 0.25) is 5.91 Å². The van der Waals surface area contributed by atoms with Gasteiger partial charge in [-0.1, -0.05) is 24.8 Å². The van der Waals surface area contributed by atoms with Gasteiger partial charge in [-0.3, -0.25) is 19.5 Å². The largest absolute Gasteiger partial charge is 0.333 e. The Labute approximate surface area is 184 Å². The van der Waals surface area contributed by atoms with Crippen LogP contribution in [-0.4, -0.2) is 32.8 Å². The summed E-state index contributed by atoms with van der Waals surface area (Å²) >= 11 is 2.73. The van der Waals surface area contributed by atoms with E-state index in [-0.39, 0.29) is 11.3 Å². The number of hydrogen-bond acceptors (Lipinski definition) is 6. The van der Waals surface area contributed by atoms with Crippen molar-refractivity contribution in [3.8, 4) is 0 Å². The maximum absolute atomic E-state index is 13.2. The Balaban J connectivity index is 1.84. The molecular formula is C21H28N4O3S2. The Kier molecular flexibility index (Phi) is 6.71. The van der Waals surface area contributed by atoms with Crippen LogP contribution in [0.15, 0.2) is 22.6 Å². The van der Waals surface area contributed by atoms with Crippen LogP contribution >= 0.6 is 23.1 Å². The standard InChI is InChI=1S/C21H28N4O3S2/c1-6-9-25-18(27)16-13-8-7-12(2)10-14(13)30-17(16)23-20(25)29-11-15(26)22-19(28)24-21(3,4)5/h6,12H,1,7-11H2,2-5H3,(H2,22,24,26,28)/t12-/m1/s1. The molecular weight excluding hydrogens is 420 g/mol. The van der Waals surface area contributed by atoms with E-state index in [0.717, 1.165) is 41.4 Å². The number of fused-ring (bicyclic) bond motifs is 3. The van der Waals surface area contributed by atoms with E-state index in [2.05, 4.69) is 24.1 Å². The number of carbonyl (C=O) groups excluding carboxylic acids is 2. The highest BCUT2D eigenvalue weighted by molar-refractivity contribution is 7.99. The van der Waals surface area contributed by atoms with E-state index in [1.165, 1.54) is 4.88 Å². The van der Waals surface area contributed by atoms with Gasteiger partial charge in [0.15, 0.2) is 5.16 Å².